The van der Waals surface area contributed by atoms with E-state index < -0.39 is 16.7 Å². The summed E-state index contributed by atoms with van der Waals surface area (Å²) in [5, 5.41) is 11.1. The summed E-state index contributed by atoms with van der Waals surface area (Å²) >= 11 is 0. The molecule has 2 N–H and O–H groups in total. The van der Waals surface area contributed by atoms with Crippen LogP contribution in [-0.4, -0.2) is 23.3 Å². The van der Waals surface area contributed by atoms with E-state index in [-0.39, 0.29) is 22.8 Å². The quantitative estimate of drug-likeness (QED) is 0.487. The number of hydrogen-bond donors (Lipinski definition) is 2. The molecule has 9 nitrogen and oxygen atoms in total. The van der Waals surface area contributed by atoms with Crippen molar-refractivity contribution in [3.8, 4) is 17.1 Å². The van der Waals surface area contributed by atoms with Crippen LogP contribution in [0.1, 0.15) is 27.8 Å². The zero-order valence-electron chi connectivity index (χ0n) is 15.4. The van der Waals surface area contributed by atoms with Crippen molar-refractivity contribution in [3.63, 3.8) is 0 Å². The minimum Gasteiger partial charge on any atom is -0.494 e. The van der Waals surface area contributed by atoms with E-state index in [1.54, 1.807) is 30.3 Å². The molecule has 0 saturated carbocycles. The van der Waals surface area contributed by atoms with Gasteiger partial charge < -0.3 is 9.15 Å². The van der Waals surface area contributed by atoms with Crippen LogP contribution in [0.3, 0.4) is 0 Å². The smallest absolute Gasteiger partial charge is 0.305 e. The normalized spacial score (nSPS) is 10.2. The Kier molecular flexibility index (Phi) is 5.88. The number of hydrazine groups is 1. The molecule has 29 heavy (non-hydrogen) atoms. The van der Waals surface area contributed by atoms with E-state index in [4.69, 9.17) is 9.15 Å². The first-order valence-electron chi connectivity index (χ1n) is 8.66. The minimum atomic E-state index is -0.700. The van der Waals surface area contributed by atoms with Crippen molar-refractivity contribution >= 4 is 17.5 Å². The Hall–Kier alpha value is -4.14. The largest absolute Gasteiger partial charge is 0.494 e. The maximum absolute atomic E-state index is 12.2. The maximum Gasteiger partial charge on any atom is 0.305 e. The Balaban J connectivity index is 1.65. The van der Waals surface area contributed by atoms with Crippen LogP contribution in [0.4, 0.5) is 5.69 Å². The van der Waals surface area contributed by atoms with Gasteiger partial charge in [-0.1, -0.05) is 12.1 Å². The molecular formula is C20H17N3O6. The standard InChI is InChI=1S/C20H17N3O6/c1-2-28-14-9-7-13(8-10-14)19(24)21-22-20(25)18-12-11-17(29-18)15-5-3-4-6-16(15)23(26)27/h3-12H,2H2,1H3,(H,21,24)(H,22,25). The number of benzene rings is 2. The SMILES string of the molecule is CCOc1ccc(C(=O)NNC(=O)c2ccc(-c3ccccc3[N+](=O)[O-])o2)cc1. The molecule has 9 heteroatoms. The predicted molar refractivity (Wildman–Crippen MR) is 103 cm³/mol. The van der Waals surface area contributed by atoms with Gasteiger partial charge in [-0.15, -0.1) is 0 Å². The average Bonchev–Trinajstić information content (AvgIpc) is 3.23. The number of hydrogen-bond acceptors (Lipinski definition) is 6. The number of rotatable bonds is 6. The molecule has 0 aliphatic carbocycles. The molecule has 0 fully saturated rings. The monoisotopic (exact) mass is 395 g/mol. The topological polar surface area (TPSA) is 124 Å². The lowest BCUT2D eigenvalue weighted by Gasteiger charge is -2.07. The highest BCUT2D eigenvalue weighted by molar-refractivity contribution is 5.98. The van der Waals surface area contributed by atoms with Gasteiger partial charge in [-0.25, -0.2) is 0 Å². The second kappa shape index (κ2) is 8.70. The maximum atomic E-state index is 12.2. The number of amides is 2. The summed E-state index contributed by atoms with van der Waals surface area (Å²) in [5.74, 6) is -0.530. The molecule has 148 valence electrons. The van der Waals surface area contributed by atoms with Gasteiger partial charge in [0, 0.05) is 11.6 Å². The van der Waals surface area contributed by atoms with E-state index in [1.165, 1.54) is 30.3 Å². The Bertz CT molecular complexity index is 1040. The Morgan fingerprint density at radius 1 is 1.00 bits per heavy atom. The van der Waals surface area contributed by atoms with E-state index in [0.717, 1.165) is 0 Å². The second-order valence-corrected chi connectivity index (χ2v) is 5.80. The zero-order valence-corrected chi connectivity index (χ0v) is 15.4. The van der Waals surface area contributed by atoms with Gasteiger partial charge in [-0.05, 0) is 49.4 Å². The lowest BCUT2D eigenvalue weighted by atomic mass is 10.1. The highest BCUT2D eigenvalue weighted by Gasteiger charge is 2.19. The highest BCUT2D eigenvalue weighted by Crippen LogP contribution is 2.30. The van der Waals surface area contributed by atoms with Crippen LogP contribution >= 0.6 is 0 Å². The van der Waals surface area contributed by atoms with Crippen LogP contribution in [-0.2, 0) is 0 Å². The number of para-hydroxylation sites is 1. The molecule has 2 amide bonds. The van der Waals surface area contributed by atoms with Crippen molar-refractivity contribution in [1.82, 2.24) is 10.9 Å². The number of ether oxygens (including phenoxy) is 1. The van der Waals surface area contributed by atoms with Gasteiger partial charge in [0.05, 0.1) is 17.1 Å². The molecular weight excluding hydrogens is 378 g/mol. The molecule has 0 atom stereocenters. The molecule has 0 aliphatic rings. The van der Waals surface area contributed by atoms with E-state index in [0.29, 0.717) is 17.9 Å². The number of carbonyl (C=O) groups excluding carboxylic acids is 2. The molecule has 0 bridgehead atoms. The first kappa shape index (κ1) is 19.6. The molecule has 0 radical (unpaired) electrons. The lowest BCUT2D eigenvalue weighted by Crippen LogP contribution is -2.41. The molecule has 3 rings (SSSR count). The predicted octanol–water partition coefficient (Wildman–Crippen LogP) is 3.33. The van der Waals surface area contributed by atoms with E-state index in [2.05, 4.69) is 10.9 Å². The Morgan fingerprint density at radius 2 is 1.69 bits per heavy atom. The summed E-state index contributed by atoms with van der Waals surface area (Å²) in [6.45, 7) is 2.37. The third-order valence-electron chi connectivity index (χ3n) is 3.91. The minimum absolute atomic E-state index is 0.106. The molecule has 0 spiro atoms. The molecule has 1 aromatic heterocycles. The summed E-state index contributed by atoms with van der Waals surface area (Å²) in [6, 6.07) is 15.3. The fraction of sp³-hybridized carbons (Fsp3) is 0.100. The average molecular weight is 395 g/mol. The molecule has 1 heterocycles. The summed E-state index contributed by atoms with van der Waals surface area (Å²) in [5.41, 5.74) is 4.95. The van der Waals surface area contributed by atoms with E-state index in [9.17, 15) is 19.7 Å². The third-order valence-corrected chi connectivity index (χ3v) is 3.91. The summed E-state index contributed by atoms with van der Waals surface area (Å²) in [7, 11) is 0. The van der Waals surface area contributed by atoms with Crippen molar-refractivity contribution in [3.05, 3.63) is 82.1 Å². The third kappa shape index (κ3) is 4.59. The first-order chi connectivity index (χ1) is 14.0. The van der Waals surface area contributed by atoms with Gasteiger partial charge in [0.15, 0.2) is 5.76 Å². The number of nitro benzene ring substituents is 1. The van der Waals surface area contributed by atoms with Crippen LogP contribution in [0.2, 0.25) is 0 Å². The van der Waals surface area contributed by atoms with E-state index in [1.807, 2.05) is 6.92 Å². The van der Waals surface area contributed by atoms with Gasteiger partial charge >= 0.3 is 5.91 Å². The molecule has 2 aromatic carbocycles. The van der Waals surface area contributed by atoms with Crippen molar-refractivity contribution in [2.45, 2.75) is 6.92 Å². The Labute approximate surface area is 165 Å². The lowest BCUT2D eigenvalue weighted by molar-refractivity contribution is -0.384. The number of nitrogens with zero attached hydrogens (tertiary/aromatic N) is 1. The number of furan rings is 1. The van der Waals surface area contributed by atoms with Crippen LogP contribution in [0.25, 0.3) is 11.3 Å². The van der Waals surface area contributed by atoms with Crippen LogP contribution in [0.5, 0.6) is 5.75 Å². The van der Waals surface area contributed by atoms with Gasteiger partial charge in [-0.3, -0.25) is 30.6 Å². The van der Waals surface area contributed by atoms with Crippen LogP contribution < -0.4 is 15.6 Å². The van der Waals surface area contributed by atoms with Gasteiger partial charge in [0.2, 0.25) is 0 Å². The van der Waals surface area contributed by atoms with Gasteiger partial charge in [0.25, 0.3) is 11.6 Å². The van der Waals surface area contributed by atoms with E-state index >= 15 is 0 Å². The van der Waals surface area contributed by atoms with Crippen molar-refractivity contribution < 1.29 is 23.7 Å². The van der Waals surface area contributed by atoms with Crippen LogP contribution in [0.15, 0.2) is 65.1 Å². The van der Waals surface area contributed by atoms with Crippen molar-refractivity contribution in [2.24, 2.45) is 0 Å². The van der Waals surface area contributed by atoms with Gasteiger partial charge in [0.1, 0.15) is 11.5 Å². The molecule has 3 aromatic rings. The summed E-state index contributed by atoms with van der Waals surface area (Å²) in [6.07, 6.45) is 0. The zero-order chi connectivity index (χ0) is 20.8. The number of nitrogens with one attached hydrogen (secondary N) is 2. The molecule has 0 unspecified atom stereocenters. The fourth-order valence-corrected chi connectivity index (χ4v) is 2.56. The number of nitro groups is 1. The highest BCUT2D eigenvalue weighted by atomic mass is 16.6. The summed E-state index contributed by atoms with van der Waals surface area (Å²) in [4.78, 5) is 34.9. The molecule has 0 aliphatic heterocycles. The Morgan fingerprint density at radius 3 is 2.38 bits per heavy atom. The summed E-state index contributed by atoms with van der Waals surface area (Å²) < 4.78 is 10.7. The van der Waals surface area contributed by atoms with Crippen molar-refractivity contribution in [2.75, 3.05) is 6.61 Å². The van der Waals surface area contributed by atoms with Crippen molar-refractivity contribution in [1.29, 1.82) is 0 Å². The molecule has 0 saturated heterocycles. The second-order valence-electron chi connectivity index (χ2n) is 5.80. The first-order valence-corrected chi connectivity index (χ1v) is 8.66. The van der Waals surface area contributed by atoms with Gasteiger partial charge in [-0.2, -0.15) is 0 Å². The number of carbonyl (C=O) groups is 2. The van der Waals surface area contributed by atoms with Crippen LogP contribution in [0, 0.1) is 10.1 Å². The fourth-order valence-electron chi connectivity index (χ4n) is 2.56.